The summed E-state index contributed by atoms with van der Waals surface area (Å²) in [5.41, 5.74) is 0.947. The van der Waals surface area contributed by atoms with E-state index in [1.165, 1.54) is 13.1 Å². The molecule has 0 fully saturated rings. The van der Waals surface area contributed by atoms with Gasteiger partial charge in [0.2, 0.25) is 0 Å². The lowest BCUT2D eigenvalue weighted by atomic mass is 10.2. The average Bonchev–Trinajstić information content (AvgIpc) is 2.03. The lowest BCUT2D eigenvalue weighted by Crippen LogP contribution is -1.91. The van der Waals surface area contributed by atoms with Crippen molar-refractivity contribution in [2.75, 3.05) is 7.05 Å². The number of nitriles is 1. The molecule has 0 aliphatic carbocycles. The molecule has 0 spiro atoms. The maximum Gasteiger partial charge on any atom is 0.258 e. The van der Waals surface area contributed by atoms with E-state index in [9.17, 15) is 4.91 Å². The minimum atomic E-state index is 0.473. The number of hydrogen-bond acceptors (Lipinski definition) is 2. The van der Waals surface area contributed by atoms with Crippen LogP contribution in [0.15, 0.2) is 22.7 Å². The molecule has 0 aromatic heterocycles. The summed E-state index contributed by atoms with van der Waals surface area (Å²) in [7, 11) is 1.39. The van der Waals surface area contributed by atoms with Crippen LogP contribution >= 0.6 is 15.9 Å². The molecule has 1 rings (SSSR count). The van der Waals surface area contributed by atoms with Gasteiger partial charge in [-0.3, -0.25) is 0 Å². The van der Waals surface area contributed by atoms with Crippen molar-refractivity contribution in [1.82, 2.24) is 0 Å². The fourth-order valence-electron chi connectivity index (χ4n) is 0.821. The number of nitroso groups, excluding NO2 is 1. The Morgan fingerprint density at radius 3 is 2.67 bits per heavy atom. The molecule has 0 heterocycles. The van der Waals surface area contributed by atoms with E-state index < -0.39 is 0 Å². The van der Waals surface area contributed by atoms with Gasteiger partial charge in [-0.2, -0.15) is 5.26 Å². The van der Waals surface area contributed by atoms with Gasteiger partial charge in [0.15, 0.2) is 7.05 Å². The van der Waals surface area contributed by atoms with Gasteiger partial charge in [-0.25, -0.2) is 0 Å². The molecule has 0 aliphatic heterocycles. The second kappa shape index (κ2) is 3.46. The van der Waals surface area contributed by atoms with Crippen LogP contribution in [-0.4, -0.2) is 11.8 Å². The van der Waals surface area contributed by atoms with Gasteiger partial charge in [0, 0.05) is 26.3 Å². The zero-order valence-corrected chi connectivity index (χ0v) is 8.00. The van der Waals surface area contributed by atoms with Crippen LogP contribution in [0.3, 0.4) is 0 Å². The molecule has 12 heavy (non-hydrogen) atoms. The Bertz CT molecular complexity index is 368. The van der Waals surface area contributed by atoms with E-state index in [4.69, 9.17) is 5.26 Å². The summed E-state index contributed by atoms with van der Waals surface area (Å²) in [4.78, 5) is 10.9. The highest BCUT2D eigenvalue weighted by atomic mass is 79.9. The molecule has 0 unspecified atom stereocenters. The van der Waals surface area contributed by atoms with Gasteiger partial charge < -0.3 is 0 Å². The summed E-state index contributed by atoms with van der Waals surface area (Å²) in [6, 6.07) is 6.83. The van der Waals surface area contributed by atoms with Crippen molar-refractivity contribution in [2.45, 2.75) is 0 Å². The minimum absolute atomic E-state index is 0.473. The second-order valence-corrected chi connectivity index (χ2v) is 3.22. The highest BCUT2D eigenvalue weighted by molar-refractivity contribution is 9.10. The van der Waals surface area contributed by atoms with Crippen LogP contribution in [0.2, 0.25) is 0 Å². The first-order valence-electron chi connectivity index (χ1n) is 3.25. The molecule has 0 N–H and O–H groups in total. The molecule has 0 bridgehead atoms. The molecule has 4 heteroatoms. The summed E-state index contributed by atoms with van der Waals surface area (Å²) < 4.78 is 1.45. The predicted molar refractivity (Wildman–Crippen MR) is 48.1 cm³/mol. The summed E-state index contributed by atoms with van der Waals surface area (Å²) in [5.74, 6) is 0. The van der Waals surface area contributed by atoms with Crippen molar-refractivity contribution < 1.29 is 4.76 Å². The molecule has 0 atom stereocenters. The number of halogens is 1. The third-order valence-corrected chi connectivity index (χ3v) is 1.83. The normalized spacial score (nSPS) is 9.08. The highest BCUT2D eigenvalue weighted by Crippen LogP contribution is 2.20. The monoisotopic (exact) mass is 225 g/mol. The molecule has 0 radical (unpaired) electrons. The van der Waals surface area contributed by atoms with Crippen LogP contribution < -0.4 is 0 Å². The molecule has 0 aliphatic rings. The first kappa shape index (κ1) is 8.88. The first-order valence-corrected chi connectivity index (χ1v) is 4.04. The Balaban J connectivity index is 3.26. The van der Waals surface area contributed by atoms with Gasteiger partial charge in [0.05, 0.1) is 11.6 Å². The molecule has 0 saturated heterocycles. The van der Waals surface area contributed by atoms with Crippen LogP contribution in [0.25, 0.3) is 0 Å². The van der Waals surface area contributed by atoms with E-state index in [0.29, 0.717) is 16.0 Å². The first-order chi connectivity index (χ1) is 5.63. The van der Waals surface area contributed by atoms with E-state index in [0.717, 1.165) is 4.47 Å². The Hall–Kier alpha value is -1.21. The van der Waals surface area contributed by atoms with Crippen molar-refractivity contribution in [3.8, 4) is 6.07 Å². The fraction of sp³-hybridized carbons (Fsp3) is 0.125. The molecule has 0 amide bonds. The summed E-state index contributed by atoms with van der Waals surface area (Å²) in [5, 5.41) is 8.58. The van der Waals surface area contributed by atoms with Gasteiger partial charge in [-0.05, 0) is 6.07 Å². The summed E-state index contributed by atoms with van der Waals surface area (Å²) in [6.07, 6.45) is 0. The van der Waals surface area contributed by atoms with Gasteiger partial charge in [-0.15, -0.1) is 0 Å². The average molecular weight is 226 g/mol. The van der Waals surface area contributed by atoms with Crippen LogP contribution in [0.5, 0.6) is 0 Å². The van der Waals surface area contributed by atoms with E-state index in [-0.39, 0.29) is 0 Å². The SMILES string of the molecule is C[N+](=O)c1cc(Br)cc(C#N)c1. The molecular weight excluding hydrogens is 220 g/mol. The van der Waals surface area contributed by atoms with E-state index in [1.54, 1.807) is 12.1 Å². The topological polar surface area (TPSA) is 43.9 Å². The maximum atomic E-state index is 10.9. The zero-order valence-electron chi connectivity index (χ0n) is 6.41. The van der Waals surface area contributed by atoms with Crippen molar-refractivity contribution in [1.29, 1.82) is 5.26 Å². The highest BCUT2D eigenvalue weighted by Gasteiger charge is 2.08. The second-order valence-electron chi connectivity index (χ2n) is 2.31. The van der Waals surface area contributed by atoms with Crippen LogP contribution in [-0.2, 0) is 0 Å². The number of rotatable bonds is 1. The third-order valence-electron chi connectivity index (χ3n) is 1.38. The van der Waals surface area contributed by atoms with Gasteiger partial charge >= 0.3 is 0 Å². The Labute approximate surface area is 78.3 Å². The van der Waals surface area contributed by atoms with Crippen molar-refractivity contribution in [3.05, 3.63) is 33.1 Å². The molecule has 0 saturated carbocycles. The fourth-order valence-corrected chi connectivity index (χ4v) is 1.30. The van der Waals surface area contributed by atoms with Crippen molar-refractivity contribution in [2.24, 2.45) is 0 Å². The number of hydrogen-bond donors (Lipinski definition) is 0. The zero-order chi connectivity index (χ0) is 9.14. The quantitative estimate of drug-likeness (QED) is 0.690. The smallest absolute Gasteiger partial charge is 0.192 e. The third kappa shape index (κ3) is 1.89. The Morgan fingerprint density at radius 1 is 1.50 bits per heavy atom. The summed E-state index contributed by atoms with van der Waals surface area (Å²) >= 11 is 3.21. The van der Waals surface area contributed by atoms with E-state index in [1.807, 2.05) is 6.07 Å². The van der Waals surface area contributed by atoms with Crippen LogP contribution in [0, 0.1) is 16.2 Å². The maximum absolute atomic E-state index is 10.9. The predicted octanol–water partition coefficient (Wildman–Crippen LogP) is 2.36. The molecule has 3 nitrogen and oxygen atoms in total. The standard InChI is InChI=1S/C8H6BrN2O/c1-11(12)8-3-6(5-10)2-7(9)4-8/h2-4H,1H3/q+1. The van der Waals surface area contributed by atoms with Crippen molar-refractivity contribution in [3.63, 3.8) is 0 Å². The lowest BCUT2D eigenvalue weighted by molar-refractivity contribution is -0.428. The Morgan fingerprint density at radius 2 is 2.17 bits per heavy atom. The molecule has 1 aromatic rings. The molecular formula is C8H6BrN2O+. The molecule has 1 aromatic carbocycles. The van der Waals surface area contributed by atoms with Crippen LogP contribution in [0.4, 0.5) is 5.69 Å². The summed E-state index contributed by atoms with van der Waals surface area (Å²) in [6.45, 7) is 0. The minimum Gasteiger partial charge on any atom is -0.192 e. The number of nitrogens with zero attached hydrogens (tertiary/aromatic N) is 2. The number of benzene rings is 1. The van der Waals surface area contributed by atoms with E-state index >= 15 is 0 Å². The van der Waals surface area contributed by atoms with Gasteiger partial charge in [0.1, 0.15) is 0 Å². The molecule has 60 valence electrons. The largest absolute Gasteiger partial charge is 0.258 e. The Kier molecular flexibility index (Phi) is 2.56. The van der Waals surface area contributed by atoms with Gasteiger partial charge in [0.25, 0.3) is 5.69 Å². The van der Waals surface area contributed by atoms with Crippen molar-refractivity contribution >= 4 is 21.6 Å². The lowest BCUT2D eigenvalue weighted by Gasteiger charge is -1.91. The van der Waals surface area contributed by atoms with Gasteiger partial charge in [-0.1, -0.05) is 15.9 Å². The van der Waals surface area contributed by atoms with Crippen LogP contribution in [0.1, 0.15) is 5.56 Å². The van der Waals surface area contributed by atoms with E-state index in [2.05, 4.69) is 15.9 Å².